The lowest BCUT2D eigenvalue weighted by atomic mass is 9.96. The molecule has 0 N–H and O–H groups in total. The van der Waals surface area contributed by atoms with Crippen LogP contribution < -0.4 is 4.90 Å². The molecule has 0 saturated carbocycles. The Morgan fingerprint density at radius 3 is 1.45 bits per heavy atom. The smallest absolute Gasteiger partial charge is 0.143 e. The highest BCUT2D eigenvalue weighted by molar-refractivity contribution is 6.15. The summed E-state index contributed by atoms with van der Waals surface area (Å²) >= 11 is 0. The Kier molecular flexibility index (Phi) is 7.53. The predicted octanol–water partition coefficient (Wildman–Crippen LogP) is 15.5. The van der Waals surface area contributed by atoms with Crippen LogP contribution in [0.3, 0.4) is 0 Å². The minimum atomic E-state index is 0.908. The minimum Gasteiger partial charge on any atom is -0.455 e. The second-order valence-electron chi connectivity index (χ2n) is 14.5. The van der Waals surface area contributed by atoms with Gasteiger partial charge in [-0.1, -0.05) is 164 Å². The van der Waals surface area contributed by atoms with Crippen LogP contribution in [0.5, 0.6) is 0 Å². The van der Waals surface area contributed by atoms with Gasteiger partial charge >= 0.3 is 0 Å². The molecule has 262 valence electrons. The molecule has 1 heterocycles. The first-order valence-corrected chi connectivity index (χ1v) is 19.2. The number of para-hydroxylation sites is 2. The van der Waals surface area contributed by atoms with Crippen molar-refractivity contribution in [2.24, 2.45) is 0 Å². The lowest BCUT2D eigenvalue weighted by Gasteiger charge is -2.28. The molecule has 2 heteroatoms. The summed E-state index contributed by atoms with van der Waals surface area (Å²) in [6.45, 7) is 0. The van der Waals surface area contributed by atoms with Gasteiger partial charge in [0.1, 0.15) is 11.2 Å². The van der Waals surface area contributed by atoms with E-state index in [1.54, 1.807) is 0 Å². The second-order valence-corrected chi connectivity index (χ2v) is 14.5. The van der Waals surface area contributed by atoms with Crippen LogP contribution in [0.1, 0.15) is 0 Å². The van der Waals surface area contributed by atoms with E-state index in [4.69, 9.17) is 4.42 Å². The summed E-state index contributed by atoms with van der Waals surface area (Å²) in [5.74, 6) is 0. The van der Waals surface area contributed by atoms with Crippen LogP contribution in [0.15, 0.2) is 217 Å². The monoisotopic (exact) mass is 713 g/mol. The van der Waals surface area contributed by atoms with Gasteiger partial charge in [-0.2, -0.15) is 0 Å². The van der Waals surface area contributed by atoms with Crippen molar-refractivity contribution in [2.45, 2.75) is 0 Å². The number of rotatable bonds is 6. The fourth-order valence-corrected chi connectivity index (χ4v) is 8.54. The van der Waals surface area contributed by atoms with Crippen molar-refractivity contribution in [2.75, 3.05) is 4.90 Å². The zero-order valence-corrected chi connectivity index (χ0v) is 30.6. The normalized spacial score (nSPS) is 11.6. The molecule has 0 spiro atoms. The Balaban J connectivity index is 1.07. The van der Waals surface area contributed by atoms with Gasteiger partial charge in [-0.3, -0.25) is 0 Å². The molecule has 11 aromatic rings. The van der Waals surface area contributed by atoms with Gasteiger partial charge in [0, 0.05) is 33.1 Å². The van der Waals surface area contributed by atoms with Crippen molar-refractivity contribution in [3.63, 3.8) is 0 Å². The van der Waals surface area contributed by atoms with Crippen molar-refractivity contribution in [1.82, 2.24) is 0 Å². The van der Waals surface area contributed by atoms with Crippen molar-refractivity contribution in [3.8, 4) is 33.4 Å². The third-order valence-corrected chi connectivity index (χ3v) is 11.3. The summed E-state index contributed by atoms with van der Waals surface area (Å²) in [6.07, 6.45) is 0. The van der Waals surface area contributed by atoms with E-state index in [-0.39, 0.29) is 0 Å². The quantitative estimate of drug-likeness (QED) is 0.171. The Bertz CT molecular complexity index is 3110. The Hall–Kier alpha value is -7.42. The average Bonchev–Trinajstić information content (AvgIpc) is 3.66. The highest BCUT2D eigenvalue weighted by atomic mass is 16.3. The van der Waals surface area contributed by atoms with Crippen LogP contribution in [-0.2, 0) is 0 Å². The number of hydrogen-bond acceptors (Lipinski definition) is 2. The van der Waals surface area contributed by atoms with Crippen LogP contribution in [0, 0.1) is 0 Å². The predicted molar refractivity (Wildman–Crippen MR) is 237 cm³/mol. The maximum absolute atomic E-state index is 6.51. The summed E-state index contributed by atoms with van der Waals surface area (Å²) in [5.41, 5.74) is 12.2. The summed E-state index contributed by atoms with van der Waals surface area (Å²) in [7, 11) is 0. The highest BCUT2D eigenvalue weighted by Gasteiger charge is 2.19. The zero-order valence-electron chi connectivity index (χ0n) is 30.6. The Morgan fingerprint density at radius 1 is 0.304 bits per heavy atom. The maximum Gasteiger partial charge on any atom is 0.143 e. The molecule has 0 aliphatic heterocycles. The topological polar surface area (TPSA) is 16.4 Å². The van der Waals surface area contributed by atoms with Crippen LogP contribution >= 0.6 is 0 Å². The molecule has 0 atom stereocenters. The first-order chi connectivity index (χ1) is 27.8. The third kappa shape index (κ3) is 5.34. The SMILES string of the molecule is c1ccc(N(c2ccc(-c3cccc4ccccc34)cc2)c2ccc(-c3cccc4ccccc34)cc2)c(-c2ccc3ccc4c5ccccc5oc4c3c2)c1. The van der Waals surface area contributed by atoms with Gasteiger partial charge in [-0.15, -0.1) is 0 Å². The number of benzene rings is 10. The molecule has 0 aliphatic carbocycles. The van der Waals surface area contributed by atoms with E-state index in [9.17, 15) is 0 Å². The van der Waals surface area contributed by atoms with E-state index < -0.39 is 0 Å². The largest absolute Gasteiger partial charge is 0.455 e. The van der Waals surface area contributed by atoms with Gasteiger partial charge in [0.2, 0.25) is 0 Å². The fraction of sp³-hybridized carbons (Fsp3) is 0. The molecule has 0 bridgehead atoms. The number of nitrogens with zero attached hydrogens (tertiary/aromatic N) is 1. The van der Waals surface area contributed by atoms with E-state index in [2.05, 4.69) is 211 Å². The van der Waals surface area contributed by atoms with Crippen LogP contribution in [0.4, 0.5) is 17.1 Å². The fourth-order valence-electron chi connectivity index (χ4n) is 8.54. The molecule has 0 unspecified atom stereocenters. The molecular weight excluding hydrogens is 679 g/mol. The number of hydrogen-bond donors (Lipinski definition) is 0. The Labute approximate surface area is 325 Å². The van der Waals surface area contributed by atoms with Gasteiger partial charge in [-0.05, 0) is 103 Å². The summed E-state index contributed by atoms with van der Waals surface area (Å²) in [5, 5.41) is 9.53. The van der Waals surface area contributed by atoms with Gasteiger partial charge in [0.05, 0.1) is 5.69 Å². The summed E-state index contributed by atoms with van der Waals surface area (Å²) < 4.78 is 6.51. The lowest BCUT2D eigenvalue weighted by Crippen LogP contribution is -2.11. The maximum atomic E-state index is 6.51. The molecule has 0 fully saturated rings. The lowest BCUT2D eigenvalue weighted by molar-refractivity contribution is 0.672. The number of furan rings is 1. The summed E-state index contributed by atoms with van der Waals surface area (Å²) in [4.78, 5) is 2.39. The van der Waals surface area contributed by atoms with E-state index in [0.717, 1.165) is 60.9 Å². The Morgan fingerprint density at radius 2 is 0.786 bits per heavy atom. The number of fused-ring (bicyclic) bond motifs is 7. The van der Waals surface area contributed by atoms with Crippen molar-refractivity contribution in [1.29, 1.82) is 0 Å². The van der Waals surface area contributed by atoms with Crippen LogP contribution in [0.25, 0.3) is 87.6 Å². The molecule has 56 heavy (non-hydrogen) atoms. The highest BCUT2D eigenvalue weighted by Crippen LogP contribution is 2.44. The second kappa shape index (κ2) is 13.2. The summed E-state index contributed by atoms with van der Waals surface area (Å²) in [6, 6.07) is 76.5. The molecule has 0 amide bonds. The van der Waals surface area contributed by atoms with Crippen LogP contribution in [0.2, 0.25) is 0 Å². The molecule has 2 nitrogen and oxygen atoms in total. The molecule has 11 rings (SSSR count). The molecule has 10 aromatic carbocycles. The van der Waals surface area contributed by atoms with Gasteiger partial charge < -0.3 is 9.32 Å². The number of anilines is 3. The van der Waals surface area contributed by atoms with E-state index in [0.29, 0.717) is 0 Å². The van der Waals surface area contributed by atoms with Crippen molar-refractivity contribution >= 4 is 71.3 Å². The molecule has 0 radical (unpaired) electrons. The van der Waals surface area contributed by atoms with E-state index in [1.165, 1.54) is 43.8 Å². The van der Waals surface area contributed by atoms with Gasteiger partial charge in [0.15, 0.2) is 0 Å². The molecule has 0 aliphatic rings. The minimum absolute atomic E-state index is 0.908. The van der Waals surface area contributed by atoms with E-state index in [1.807, 2.05) is 6.07 Å². The van der Waals surface area contributed by atoms with Crippen molar-refractivity contribution < 1.29 is 4.42 Å². The third-order valence-electron chi connectivity index (χ3n) is 11.3. The first kappa shape index (κ1) is 32.0. The van der Waals surface area contributed by atoms with Gasteiger partial charge in [0.25, 0.3) is 0 Å². The standard InChI is InChI=1S/C54H35NO/c1-3-15-44-36(11-1)13-9-19-46(44)38-25-30-42(31-26-38)55(43-32-27-39(28-33-43)47-20-10-14-37-12-2-4-16-45(37)47)52-21-7-5-17-48(52)41-24-23-40-29-34-50-49-18-6-8-22-53(49)56-54(50)51(40)35-41/h1-35H. The van der Waals surface area contributed by atoms with Gasteiger partial charge in [-0.25, -0.2) is 0 Å². The van der Waals surface area contributed by atoms with Crippen molar-refractivity contribution in [3.05, 3.63) is 212 Å². The van der Waals surface area contributed by atoms with Crippen LogP contribution in [-0.4, -0.2) is 0 Å². The molecule has 0 saturated heterocycles. The molecule has 1 aromatic heterocycles. The zero-order chi connectivity index (χ0) is 37.0. The first-order valence-electron chi connectivity index (χ1n) is 19.2. The average molecular weight is 714 g/mol. The molecular formula is C54H35NO. The van der Waals surface area contributed by atoms with E-state index >= 15 is 0 Å².